The monoisotopic (exact) mass is 321 g/mol. The molecule has 7 heteroatoms. The molecule has 0 aromatic rings. The summed E-state index contributed by atoms with van der Waals surface area (Å²) < 4.78 is 5.50. The third kappa shape index (κ3) is 2.49. The molecule has 2 rings (SSSR count). The Kier molecular flexibility index (Phi) is 4.20. The van der Waals surface area contributed by atoms with Gasteiger partial charge in [-0.05, 0) is 30.6 Å². The van der Waals surface area contributed by atoms with Gasteiger partial charge in [-0.25, -0.2) is 4.79 Å². The number of ether oxygens (including phenoxy) is 1. The van der Waals surface area contributed by atoms with E-state index in [0.717, 1.165) is 19.3 Å². The molecule has 23 heavy (non-hydrogen) atoms. The molecule has 0 radical (unpaired) electrons. The van der Waals surface area contributed by atoms with Gasteiger partial charge >= 0.3 is 17.6 Å². The van der Waals surface area contributed by atoms with Crippen LogP contribution in [0.25, 0.3) is 5.53 Å². The number of carbonyl (C=O) groups is 3. The maximum absolute atomic E-state index is 12.3. The number of hydrogen-bond donors (Lipinski definition) is 0. The van der Waals surface area contributed by atoms with E-state index < -0.39 is 23.5 Å². The number of hydrogen-bond acceptors (Lipinski definition) is 4. The zero-order valence-electron chi connectivity index (χ0n) is 14.3. The first-order valence-electron chi connectivity index (χ1n) is 7.78. The normalized spacial score (nSPS) is 30.5. The van der Waals surface area contributed by atoms with E-state index in [2.05, 4.69) is 25.6 Å². The molecule has 2 fully saturated rings. The van der Waals surface area contributed by atoms with Crippen LogP contribution in [0.3, 0.4) is 0 Å². The van der Waals surface area contributed by atoms with Gasteiger partial charge < -0.3 is 10.3 Å². The summed E-state index contributed by atoms with van der Waals surface area (Å²) in [6.07, 6.45) is 2.47. The molecule has 0 spiro atoms. The summed E-state index contributed by atoms with van der Waals surface area (Å²) in [4.78, 5) is 39.0. The Bertz CT molecular complexity index is 621. The molecule has 0 unspecified atom stereocenters. The van der Waals surface area contributed by atoms with E-state index in [1.54, 1.807) is 0 Å². The molecule has 0 saturated heterocycles. The Labute approximate surface area is 135 Å². The van der Waals surface area contributed by atoms with Crippen LogP contribution in [-0.4, -0.2) is 46.3 Å². The number of rotatable bonds is 3. The molecule has 2 bridgehead atoms. The van der Waals surface area contributed by atoms with E-state index >= 15 is 0 Å². The first-order chi connectivity index (χ1) is 10.6. The average molecular weight is 321 g/mol. The molecule has 7 nitrogen and oxygen atoms in total. The minimum atomic E-state index is -0.986. The topological polar surface area (TPSA) is 100 Å². The highest BCUT2D eigenvalue weighted by Crippen LogP contribution is 2.66. The van der Waals surface area contributed by atoms with Gasteiger partial charge in [0.2, 0.25) is 5.91 Å². The number of imide groups is 1. The van der Waals surface area contributed by atoms with Crippen LogP contribution < -0.4 is 0 Å². The molecular formula is C16H23N3O4. The third-order valence-corrected chi connectivity index (χ3v) is 6.24. The summed E-state index contributed by atoms with van der Waals surface area (Å²) in [7, 11) is 1.21. The van der Waals surface area contributed by atoms with Crippen molar-refractivity contribution in [3.05, 3.63) is 5.53 Å². The van der Waals surface area contributed by atoms with Gasteiger partial charge in [-0.3, -0.25) is 14.5 Å². The summed E-state index contributed by atoms with van der Waals surface area (Å²) in [5.74, 6) is -2.05. The molecule has 2 aliphatic rings. The van der Waals surface area contributed by atoms with Crippen molar-refractivity contribution in [3.63, 3.8) is 0 Å². The van der Waals surface area contributed by atoms with Crippen LogP contribution in [0.4, 0.5) is 0 Å². The SMILES string of the molecule is CC(=O)N(C)C(=O)C(=[N+]=[N-])C(=O)O[C@@H]1C[C@@H]2CC[C@@]1(C)C2(C)C. The second-order valence-electron chi connectivity index (χ2n) is 7.34. The van der Waals surface area contributed by atoms with Crippen molar-refractivity contribution in [1.29, 1.82) is 0 Å². The van der Waals surface area contributed by atoms with E-state index in [4.69, 9.17) is 10.3 Å². The van der Waals surface area contributed by atoms with Crippen LogP contribution in [0.15, 0.2) is 0 Å². The molecule has 0 aromatic heterocycles. The van der Waals surface area contributed by atoms with Crippen molar-refractivity contribution in [1.82, 2.24) is 4.90 Å². The average Bonchev–Trinajstić information content (AvgIpc) is 2.80. The Balaban J connectivity index is 2.15. The predicted octanol–water partition coefficient (Wildman–Crippen LogP) is 1.42. The molecule has 2 amide bonds. The zero-order chi connectivity index (χ0) is 17.6. The Morgan fingerprint density at radius 3 is 2.26 bits per heavy atom. The van der Waals surface area contributed by atoms with Gasteiger partial charge in [0.1, 0.15) is 6.10 Å². The molecule has 2 saturated carbocycles. The summed E-state index contributed by atoms with van der Waals surface area (Å²) >= 11 is 0. The van der Waals surface area contributed by atoms with Crippen LogP contribution in [0.1, 0.15) is 47.0 Å². The molecule has 3 atom stereocenters. The number of nitrogens with zero attached hydrogens (tertiary/aromatic N) is 3. The zero-order valence-corrected chi connectivity index (χ0v) is 14.3. The Hall–Kier alpha value is -2.01. The van der Waals surface area contributed by atoms with Gasteiger partial charge in [-0.1, -0.05) is 20.8 Å². The fraction of sp³-hybridized carbons (Fsp3) is 0.750. The summed E-state index contributed by atoms with van der Waals surface area (Å²) in [5, 5.41) is 0. The minimum absolute atomic E-state index is 0.0503. The lowest BCUT2D eigenvalue weighted by atomic mass is 9.70. The van der Waals surface area contributed by atoms with Crippen LogP contribution in [-0.2, 0) is 19.1 Å². The van der Waals surface area contributed by atoms with Gasteiger partial charge in [0.25, 0.3) is 0 Å². The van der Waals surface area contributed by atoms with Gasteiger partial charge in [-0.15, -0.1) is 0 Å². The highest BCUT2D eigenvalue weighted by molar-refractivity contribution is 6.62. The third-order valence-electron chi connectivity index (χ3n) is 6.24. The van der Waals surface area contributed by atoms with E-state index in [-0.39, 0.29) is 16.9 Å². The van der Waals surface area contributed by atoms with E-state index in [1.807, 2.05) is 0 Å². The maximum atomic E-state index is 12.3. The van der Waals surface area contributed by atoms with E-state index in [9.17, 15) is 14.4 Å². The van der Waals surface area contributed by atoms with Crippen LogP contribution in [0.5, 0.6) is 0 Å². The highest BCUT2D eigenvalue weighted by Gasteiger charge is 2.63. The van der Waals surface area contributed by atoms with Crippen molar-refractivity contribution in [2.24, 2.45) is 16.7 Å². The largest absolute Gasteiger partial charge is 0.463 e. The predicted molar refractivity (Wildman–Crippen MR) is 81.2 cm³/mol. The van der Waals surface area contributed by atoms with Gasteiger partial charge in [0.15, 0.2) is 0 Å². The lowest BCUT2D eigenvalue weighted by molar-refractivity contribution is -0.155. The second-order valence-corrected chi connectivity index (χ2v) is 7.34. The quantitative estimate of drug-likeness (QED) is 0.258. The molecule has 0 aliphatic heterocycles. The minimum Gasteiger partial charge on any atom is -0.453 e. The molecular weight excluding hydrogens is 298 g/mol. The number of esters is 1. The van der Waals surface area contributed by atoms with E-state index in [1.165, 1.54) is 14.0 Å². The smallest absolute Gasteiger partial charge is 0.453 e. The fourth-order valence-corrected chi connectivity index (χ4v) is 3.97. The van der Waals surface area contributed by atoms with Crippen molar-refractivity contribution in [2.45, 2.75) is 53.1 Å². The fourth-order valence-electron chi connectivity index (χ4n) is 3.97. The van der Waals surface area contributed by atoms with Gasteiger partial charge in [-0.2, -0.15) is 4.79 Å². The molecule has 0 heterocycles. The second kappa shape index (κ2) is 5.57. The van der Waals surface area contributed by atoms with Crippen LogP contribution in [0.2, 0.25) is 0 Å². The summed E-state index contributed by atoms with van der Waals surface area (Å²) in [6, 6.07) is 0. The van der Waals surface area contributed by atoms with Gasteiger partial charge in [0, 0.05) is 19.4 Å². The van der Waals surface area contributed by atoms with Crippen molar-refractivity contribution in [2.75, 3.05) is 7.05 Å². The summed E-state index contributed by atoms with van der Waals surface area (Å²) in [5.41, 5.74) is 8.11. The lowest BCUT2D eigenvalue weighted by Gasteiger charge is -2.38. The number of carbonyl (C=O) groups excluding carboxylic acids is 3. The van der Waals surface area contributed by atoms with Crippen molar-refractivity contribution >= 4 is 23.5 Å². The molecule has 2 aliphatic carbocycles. The molecule has 0 N–H and O–H groups in total. The first kappa shape index (κ1) is 17.3. The number of amides is 2. The van der Waals surface area contributed by atoms with Gasteiger partial charge in [0.05, 0.1) is 0 Å². The Morgan fingerprint density at radius 2 is 1.87 bits per heavy atom. The van der Waals surface area contributed by atoms with Crippen molar-refractivity contribution < 1.29 is 23.9 Å². The highest BCUT2D eigenvalue weighted by atomic mass is 16.5. The first-order valence-corrected chi connectivity index (χ1v) is 7.78. The van der Waals surface area contributed by atoms with Crippen molar-refractivity contribution in [3.8, 4) is 0 Å². The standard InChI is InChI=1S/C16H23N3O4/c1-9(20)19(5)13(21)12(18-17)14(22)23-11-8-10-6-7-16(11,4)15(10,2)3/h10-11H,6-8H2,1-5H3/t10-,11+,16+/m0/s1. The van der Waals surface area contributed by atoms with Crippen LogP contribution in [0, 0.1) is 16.7 Å². The molecule has 0 aromatic carbocycles. The Morgan fingerprint density at radius 1 is 1.26 bits per heavy atom. The molecule has 126 valence electrons. The van der Waals surface area contributed by atoms with Crippen LogP contribution >= 0.6 is 0 Å². The lowest BCUT2D eigenvalue weighted by Crippen LogP contribution is -2.44. The van der Waals surface area contributed by atoms with E-state index in [0.29, 0.717) is 10.8 Å². The number of fused-ring (bicyclic) bond motifs is 2. The maximum Gasteiger partial charge on any atom is 0.463 e. The summed E-state index contributed by atoms with van der Waals surface area (Å²) in [6.45, 7) is 7.62.